The summed E-state index contributed by atoms with van der Waals surface area (Å²) in [5.41, 5.74) is 1.68. The van der Waals surface area contributed by atoms with Gasteiger partial charge < -0.3 is 10.6 Å². The number of aliphatic imine (C=N–C) groups is 1. The summed E-state index contributed by atoms with van der Waals surface area (Å²) in [6.07, 6.45) is 0.821. The van der Waals surface area contributed by atoms with Crippen LogP contribution in [0.2, 0.25) is 0 Å². The molecule has 1 atom stereocenters. The Balaban J connectivity index is 1.48. The van der Waals surface area contributed by atoms with Gasteiger partial charge in [0, 0.05) is 18.7 Å². The highest BCUT2D eigenvalue weighted by atomic mass is 32.2. The molecule has 2 aromatic rings. The summed E-state index contributed by atoms with van der Waals surface area (Å²) in [5, 5.41) is 5.41. The molecule has 26 heavy (non-hydrogen) atoms. The molecule has 0 radical (unpaired) electrons. The van der Waals surface area contributed by atoms with Gasteiger partial charge in [0.15, 0.2) is 5.17 Å². The normalized spacial score (nSPS) is 18.0. The minimum Gasteiger partial charge on any atom is -0.326 e. The lowest BCUT2D eigenvalue weighted by molar-refractivity contribution is -0.122. The van der Waals surface area contributed by atoms with Crippen molar-refractivity contribution in [3.8, 4) is 0 Å². The molecule has 3 rings (SSSR count). The molecule has 2 aromatic carbocycles. The molecule has 0 aromatic heterocycles. The van der Waals surface area contributed by atoms with Crippen molar-refractivity contribution in [1.82, 2.24) is 5.32 Å². The SMILES string of the molecule is O=C(C[C@H]1SC(=NCCc2ccccc2)NC1=O)Nc1ccc(F)cc1. The third-order valence-electron chi connectivity index (χ3n) is 3.77. The zero-order chi connectivity index (χ0) is 18.4. The molecule has 1 heterocycles. The van der Waals surface area contributed by atoms with Crippen LogP contribution in [-0.4, -0.2) is 28.8 Å². The van der Waals surface area contributed by atoms with E-state index in [0.717, 1.165) is 6.42 Å². The Morgan fingerprint density at radius 3 is 2.62 bits per heavy atom. The van der Waals surface area contributed by atoms with Gasteiger partial charge in [-0.15, -0.1) is 0 Å². The molecule has 7 heteroatoms. The maximum absolute atomic E-state index is 12.9. The van der Waals surface area contributed by atoms with Crippen LogP contribution >= 0.6 is 11.8 Å². The van der Waals surface area contributed by atoms with Crippen molar-refractivity contribution in [3.05, 3.63) is 66.0 Å². The Morgan fingerprint density at radius 1 is 1.15 bits per heavy atom. The van der Waals surface area contributed by atoms with Crippen LogP contribution in [0.4, 0.5) is 10.1 Å². The second kappa shape index (κ2) is 8.62. The average Bonchev–Trinajstić information content (AvgIpc) is 2.97. The summed E-state index contributed by atoms with van der Waals surface area (Å²) in [7, 11) is 0. The third kappa shape index (κ3) is 5.16. The second-order valence-electron chi connectivity index (χ2n) is 5.78. The van der Waals surface area contributed by atoms with Crippen molar-refractivity contribution >= 4 is 34.4 Å². The Hall–Kier alpha value is -2.67. The number of amides is 2. The van der Waals surface area contributed by atoms with E-state index in [1.807, 2.05) is 30.3 Å². The van der Waals surface area contributed by atoms with Gasteiger partial charge in [-0.3, -0.25) is 14.6 Å². The first-order chi connectivity index (χ1) is 12.6. The fourth-order valence-corrected chi connectivity index (χ4v) is 3.46. The fraction of sp³-hybridized carbons (Fsp3) is 0.211. The van der Waals surface area contributed by atoms with Crippen molar-refractivity contribution in [3.63, 3.8) is 0 Å². The topological polar surface area (TPSA) is 70.6 Å². The zero-order valence-electron chi connectivity index (χ0n) is 13.9. The Kier molecular flexibility index (Phi) is 6.01. The van der Waals surface area contributed by atoms with E-state index in [4.69, 9.17) is 0 Å². The van der Waals surface area contributed by atoms with Crippen LogP contribution in [-0.2, 0) is 16.0 Å². The molecule has 0 aliphatic carbocycles. The highest BCUT2D eigenvalue weighted by molar-refractivity contribution is 8.15. The number of hydrogen-bond donors (Lipinski definition) is 2. The van der Waals surface area contributed by atoms with Gasteiger partial charge in [0.25, 0.3) is 0 Å². The van der Waals surface area contributed by atoms with Crippen molar-refractivity contribution in [2.75, 3.05) is 11.9 Å². The molecule has 0 saturated carbocycles. The maximum Gasteiger partial charge on any atom is 0.240 e. The summed E-state index contributed by atoms with van der Waals surface area (Å²) >= 11 is 1.26. The molecular weight excluding hydrogens is 353 g/mol. The van der Waals surface area contributed by atoms with Crippen molar-refractivity contribution in [1.29, 1.82) is 0 Å². The maximum atomic E-state index is 12.9. The Bertz CT molecular complexity index is 809. The molecule has 0 spiro atoms. The molecule has 0 bridgehead atoms. The van der Waals surface area contributed by atoms with Gasteiger partial charge in [-0.2, -0.15) is 0 Å². The Morgan fingerprint density at radius 2 is 1.88 bits per heavy atom. The highest BCUT2D eigenvalue weighted by Crippen LogP contribution is 2.23. The number of rotatable bonds is 6. The zero-order valence-corrected chi connectivity index (χ0v) is 14.8. The monoisotopic (exact) mass is 371 g/mol. The number of nitrogens with one attached hydrogen (secondary N) is 2. The van der Waals surface area contributed by atoms with Crippen LogP contribution in [0.15, 0.2) is 59.6 Å². The number of thioether (sulfide) groups is 1. The fourth-order valence-electron chi connectivity index (χ4n) is 2.46. The van der Waals surface area contributed by atoms with E-state index in [2.05, 4.69) is 15.6 Å². The van der Waals surface area contributed by atoms with Crippen molar-refractivity contribution in [2.24, 2.45) is 4.99 Å². The Labute approximate surface area is 155 Å². The van der Waals surface area contributed by atoms with Crippen molar-refractivity contribution in [2.45, 2.75) is 18.1 Å². The summed E-state index contributed by atoms with van der Waals surface area (Å²) < 4.78 is 12.9. The van der Waals surface area contributed by atoms with Gasteiger partial charge in [-0.1, -0.05) is 42.1 Å². The van der Waals surface area contributed by atoms with E-state index in [1.54, 1.807) is 0 Å². The van der Waals surface area contributed by atoms with Crippen LogP contribution in [0.1, 0.15) is 12.0 Å². The molecule has 2 N–H and O–H groups in total. The lowest BCUT2D eigenvalue weighted by Crippen LogP contribution is -2.28. The average molecular weight is 371 g/mol. The predicted molar refractivity (Wildman–Crippen MR) is 102 cm³/mol. The quantitative estimate of drug-likeness (QED) is 0.820. The molecule has 1 saturated heterocycles. The smallest absolute Gasteiger partial charge is 0.240 e. The van der Waals surface area contributed by atoms with E-state index in [-0.39, 0.29) is 24.1 Å². The van der Waals surface area contributed by atoms with Crippen LogP contribution in [0.5, 0.6) is 0 Å². The van der Waals surface area contributed by atoms with Gasteiger partial charge in [-0.25, -0.2) is 4.39 Å². The number of halogens is 1. The number of carbonyl (C=O) groups is 2. The number of nitrogens with zero attached hydrogens (tertiary/aromatic N) is 1. The standard InChI is InChI=1S/C19H18FN3O2S/c20-14-6-8-15(9-7-14)22-17(24)12-16-18(25)23-19(26-16)21-11-10-13-4-2-1-3-5-13/h1-9,16H,10-12H2,(H,22,24)(H,21,23,25)/t16-/m1/s1. The van der Waals surface area contributed by atoms with Crippen LogP contribution in [0.25, 0.3) is 0 Å². The van der Waals surface area contributed by atoms with Crippen molar-refractivity contribution < 1.29 is 14.0 Å². The van der Waals surface area contributed by atoms with Gasteiger partial charge in [-0.05, 0) is 36.2 Å². The third-order valence-corrected chi connectivity index (χ3v) is 4.89. The van der Waals surface area contributed by atoms with Crippen LogP contribution in [0.3, 0.4) is 0 Å². The lowest BCUT2D eigenvalue weighted by atomic mass is 10.2. The molecule has 5 nitrogen and oxygen atoms in total. The summed E-state index contributed by atoms with van der Waals surface area (Å²) in [6, 6.07) is 15.5. The molecular formula is C19H18FN3O2S. The summed E-state index contributed by atoms with van der Waals surface area (Å²) in [6.45, 7) is 0.571. The first-order valence-electron chi connectivity index (χ1n) is 8.21. The predicted octanol–water partition coefficient (Wildman–Crippen LogP) is 2.98. The minimum absolute atomic E-state index is 0.0333. The second-order valence-corrected chi connectivity index (χ2v) is 6.97. The summed E-state index contributed by atoms with van der Waals surface area (Å²) in [5.74, 6) is -0.886. The number of carbonyl (C=O) groups excluding carboxylic acids is 2. The molecule has 0 unspecified atom stereocenters. The van der Waals surface area contributed by atoms with E-state index in [9.17, 15) is 14.0 Å². The van der Waals surface area contributed by atoms with Crippen LogP contribution < -0.4 is 10.6 Å². The van der Waals surface area contributed by atoms with E-state index in [1.165, 1.54) is 41.6 Å². The lowest BCUT2D eigenvalue weighted by Gasteiger charge is -2.07. The van der Waals surface area contributed by atoms with E-state index >= 15 is 0 Å². The number of amidine groups is 1. The first-order valence-corrected chi connectivity index (χ1v) is 9.09. The van der Waals surface area contributed by atoms with Crippen LogP contribution in [0, 0.1) is 5.82 Å². The molecule has 134 valence electrons. The van der Waals surface area contributed by atoms with Gasteiger partial charge in [0.2, 0.25) is 11.8 Å². The molecule has 2 amide bonds. The van der Waals surface area contributed by atoms with E-state index in [0.29, 0.717) is 17.4 Å². The van der Waals surface area contributed by atoms with Gasteiger partial charge >= 0.3 is 0 Å². The first kappa shape index (κ1) is 18.1. The number of benzene rings is 2. The number of anilines is 1. The summed E-state index contributed by atoms with van der Waals surface area (Å²) in [4.78, 5) is 28.5. The largest absolute Gasteiger partial charge is 0.326 e. The number of hydrogen-bond acceptors (Lipinski definition) is 4. The van der Waals surface area contributed by atoms with E-state index < -0.39 is 5.25 Å². The van der Waals surface area contributed by atoms with Gasteiger partial charge in [0.1, 0.15) is 11.1 Å². The molecule has 1 fully saturated rings. The molecule has 1 aliphatic rings. The van der Waals surface area contributed by atoms with Gasteiger partial charge in [0.05, 0.1) is 0 Å². The minimum atomic E-state index is -0.508. The molecule has 1 aliphatic heterocycles. The highest BCUT2D eigenvalue weighted by Gasteiger charge is 2.31.